The average Bonchev–Trinajstić information content (AvgIpc) is 3.39. The molecular weight excluding hydrogens is 425 g/mol. The summed E-state index contributed by atoms with van der Waals surface area (Å²) in [5.74, 6) is 1.42. The van der Waals surface area contributed by atoms with Crippen LogP contribution in [0.1, 0.15) is 22.2 Å². The Bertz CT molecular complexity index is 1070. The zero-order valence-corrected chi connectivity index (χ0v) is 18.8. The Morgan fingerprint density at radius 2 is 1.79 bits per heavy atom. The number of ether oxygens (including phenoxy) is 2. The number of carbonyl (C=O) groups excluding carboxylic acids is 1. The van der Waals surface area contributed by atoms with Gasteiger partial charge in [-0.2, -0.15) is 0 Å². The van der Waals surface area contributed by atoms with Crippen LogP contribution in [0, 0.1) is 5.82 Å². The highest BCUT2D eigenvalue weighted by Gasteiger charge is 2.28. The normalized spacial score (nSPS) is 15.2. The average molecular weight is 454 g/mol. The standard InChI is InChI=1S/C25H28FN3O4/c1-31-23-10-9-18(16-24(23)32-2)25(30)27-17-21(22-8-5-15-33-22)29-13-11-28(12-14-29)20-7-4-3-6-19(20)26/h3-10,15-16,21H,11-14,17H2,1-2H3,(H,27,30)/t21-/m0/s1. The lowest BCUT2D eigenvalue weighted by atomic mass is 10.1. The maximum absolute atomic E-state index is 14.2. The molecule has 0 aliphatic carbocycles. The predicted molar refractivity (Wildman–Crippen MR) is 124 cm³/mol. The fourth-order valence-corrected chi connectivity index (χ4v) is 4.14. The van der Waals surface area contributed by atoms with Crippen molar-refractivity contribution in [3.05, 3.63) is 78.0 Å². The van der Waals surface area contributed by atoms with Gasteiger partial charge in [0.15, 0.2) is 11.5 Å². The van der Waals surface area contributed by atoms with Crippen LogP contribution >= 0.6 is 0 Å². The molecule has 1 aliphatic heterocycles. The Morgan fingerprint density at radius 3 is 2.45 bits per heavy atom. The molecule has 0 saturated carbocycles. The van der Waals surface area contributed by atoms with Crippen molar-refractivity contribution < 1.29 is 23.1 Å². The van der Waals surface area contributed by atoms with Gasteiger partial charge in [0.1, 0.15) is 11.6 Å². The van der Waals surface area contributed by atoms with Crippen molar-refractivity contribution in [3.8, 4) is 11.5 Å². The van der Waals surface area contributed by atoms with Gasteiger partial charge in [0, 0.05) is 38.3 Å². The van der Waals surface area contributed by atoms with Gasteiger partial charge in [0.2, 0.25) is 0 Å². The van der Waals surface area contributed by atoms with Crippen LogP contribution in [0.3, 0.4) is 0 Å². The quantitative estimate of drug-likeness (QED) is 0.561. The fraction of sp³-hybridized carbons (Fsp3) is 0.320. The van der Waals surface area contributed by atoms with E-state index in [9.17, 15) is 9.18 Å². The number of benzene rings is 2. The summed E-state index contributed by atoms with van der Waals surface area (Å²) in [6.45, 7) is 3.17. The lowest BCUT2D eigenvalue weighted by Crippen LogP contribution is -2.50. The SMILES string of the molecule is COc1ccc(C(=O)NC[C@@H](c2ccco2)N2CCN(c3ccccc3F)CC2)cc1OC. The molecular formula is C25H28FN3O4. The molecule has 174 valence electrons. The minimum atomic E-state index is -0.212. The summed E-state index contributed by atoms with van der Waals surface area (Å²) in [7, 11) is 3.09. The molecule has 1 fully saturated rings. The number of halogens is 1. The first-order valence-electron chi connectivity index (χ1n) is 10.9. The van der Waals surface area contributed by atoms with Crippen molar-refractivity contribution in [2.24, 2.45) is 0 Å². The van der Waals surface area contributed by atoms with E-state index >= 15 is 0 Å². The smallest absolute Gasteiger partial charge is 0.251 e. The van der Waals surface area contributed by atoms with E-state index in [1.54, 1.807) is 43.7 Å². The fourth-order valence-electron chi connectivity index (χ4n) is 4.14. The van der Waals surface area contributed by atoms with Gasteiger partial charge in [-0.25, -0.2) is 4.39 Å². The van der Waals surface area contributed by atoms with E-state index < -0.39 is 0 Å². The monoisotopic (exact) mass is 453 g/mol. The molecule has 0 unspecified atom stereocenters. The van der Waals surface area contributed by atoms with Gasteiger partial charge in [-0.1, -0.05) is 12.1 Å². The first-order chi connectivity index (χ1) is 16.1. The topological polar surface area (TPSA) is 67.2 Å². The van der Waals surface area contributed by atoms with Crippen molar-refractivity contribution >= 4 is 11.6 Å². The highest BCUT2D eigenvalue weighted by Crippen LogP contribution is 2.28. The Balaban J connectivity index is 1.43. The number of methoxy groups -OCH3 is 2. The third-order valence-corrected chi connectivity index (χ3v) is 5.92. The summed E-state index contributed by atoms with van der Waals surface area (Å²) in [4.78, 5) is 17.1. The predicted octanol–water partition coefficient (Wildman–Crippen LogP) is 3.73. The van der Waals surface area contributed by atoms with E-state index in [4.69, 9.17) is 13.9 Å². The van der Waals surface area contributed by atoms with E-state index in [0.29, 0.717) is 55.5 Å². The maximum Gasteiger partial charge on any atom is 0.251 e. The maximum atomic E-state index is 14.2. The summed E-state index contributed by atoms with van der Waals surface area (Å²) in [5, 5.41) is 3.01. The lowest BCUT2D eigenvalue weighted by molar-refractivity contribution is 0.0922. The van der Waals surface area contributed by atoms with Crippen LogP contribution in [0.25, 0.3) is 0 Å². The summed E-state index contributed by atoms with van der Waals surface area (Å²) in [6.07, 6.45) is 1.63. The number of amides is 1. The number of para-hydroxylation sites is 1. The summed E-state index contributed by atoms with van der Waals surface area (Å²) >= 11 is 0. The van der Waals surface area contributed by atoms with Gasteiger partial charge >= 0.3 is 0 Å². The molecule has 3 aromatic rings. The Labute approximate surface area is 192 Å². The third kappa shape index (κ3) is 5.12. The number of rotatable bonds is 8. The molecule has 1 amide bonds. The van der Waals surface area contributed by atoms with E-state index in [1.165, 1.54) is 13.2 Å². The van der Waals surface area contributed by atoms with Gasteiger partial charge < -0.3 is 24.1 Å². The zero-order chi connectivity index (χ0) is 23.2. The van der Waals surface area contributed by atoms with E-state index in [1.807, 2.05) is 23.1 Å². The molecule has 7 nitrogen and oxygen atoms in total. The molecule has 2 heterocycles. The summed E-state index contributed by atoms with van der Waals surface area (Å²) in [6, 6.07) is 15.5. The van der Waals surface area contributed by atoms with E-state index in [2.05, 4.69) is 10.2 Å². The number of anilines is 1. The highest BCUT2D eigenvalue weighted by atomic mass is 19.1. The van der Waals surface area contributed by atoms with Crippen LogP contribution in [-0.4, -0.2) is 57.8 Å². The highest BCUT2D eigenvalue weighted by molar-refractivity contribution is 5.94. The number of furan rings is 1. The van der Waals surface area contributed by atoms with Crippen molar-refractivity contribution in [1.82, 2.24) is 10.2 Å². The van der Waals surface area contributed by atoms with Crippen LogP contribution < -0.4 is 19.7 Å². The lowest BCUT2D eigenvalue weighted by Gasteiger charge is -2.39. The van der Waals surface area contributed by atoms with Crippen molar-refractivity contribution in [2.45, 2.75) is 6.04 Å². The van der Waals surface area contributed by atoms with Crippen LogP contribution in [0.2, 0.25) is 0 Å². The molecule has 0 bridgehead atoms. The molecule has 1 saturated heterocycles. The van der Waals surface area contributed by atoms with Gasteiger partial charge in [0.05, 0.1) is 32.2 Å². The number of hydrogen-bond donors (Lipinski definition) is 1. The number of piperazine rings is 1. The van der Waals surface area contributed by atoms with Crippen molar-refractivity contribution in [1.29, 1.82) is 0 Å². The second-order valence-corrected chi connectivity index (χ2v) is 7.79. The molecule has 1 atom stereocenters. The molecule has 33 heavy (non-hydrogen) atoms. The molecule has 1 aliphatic rings. The zero-order valence-electron chi connectivity index (χ0n) is 18.8. The Kier molecular flexibility index (Phi) is 7.14. The number of hydrogen-bond acceptors (Lipinski definition) is 6. The summed E-state index contributed by atoms with van der Waals surface area (Å²) in [5.41, 5.74) is 1.10. The molecule has 4 rings (SSSR count). The molecule has 8 heteroatoms. The molecule has 1 aromatic heterocycles. The summed E-state index contributed by atoms with van der Waals surface area (Å²) < 4.78 is 30.4. The Hall–Kier alpha value is -3.52. The minimum Gasteiger partial charge on any atom is -0.493 e. The number of nitrogens with zero attached hydrogens (tertiary/aromatic N) is 2. The van der Waals surface area contributed by atoms with Gasteiger partial charge in [0.25, 0.3) is 5.91 Å². The number of carbonyl (C=O) groups is 1. The van der Waals surface area contributed by atoms with E-state index in [-0.39, 0.29) is 17.8 Å². The van der Waals surface area contributed by atoms with Gasteiger partial charge in [-0.15, -0.1) is 0 Å². The van der Waals surface area contributed by atoms with Crippen LogP contribution in [0.5, 0.6) is 11.5 Å². The van der Waals surface area contributed by atoms with E-state index in [0.717, 1.165) is 5.76 Å². The largest absolute Gasteiger partial charge is 0.493 e. The molecule has 0 spiro atoms. The van der Waals surface area contributed by atoms with Gasteiger partial charge in [-0.3, -0.25) is 9.69 Å². The van der Waals surface area contributed by atoms with Crippen LogP contribution in [0.15, 0.2) is 65.3 Å². The molecule has 2 aromatic carbocycles. The van der Waals surface area contributed by atoms with Crippen molar-refractivity contribution in [3.63, 3.8) is 0 Å². The number of nitrogens with one attached hydrogen (secondary N) is 1. The van der Waals surface area contributed by atoms with Crippen molar-refractivity contribution in [2.75, 3.05) is 51.8 Å². The first kappa shape index (κ1) is 22.7. The second kappa shape index (κ2) is 10.4. The van der Waals surface area contributed by atoms with Gasteiger partial charge in [-0.05, 0) is 42.5 Å². The minimum absolute atomic E-state index is 0.133. The third-order valence-electron chi connectivity index (χ3n) is 5.92. The first-order valence-corrected chi connectivity index (χ1v) is 10.9. The Morgan fingerprint density at radius 1 is 1.03 bits per heavy atom. The van der Waals surface area contributed by atoms with Crippen LogP contribution in [-0.2, 0) is 0 Å². The molecule has 1 N–H and O–H groups in total. The van der Waals surface area contributed by atoms with Crippen LogP contribution in [0.4, 0.5) is 10.1 Å². The second-order valence-electron chi connectivity index (χ2n) is 7.79. The molecule has 0 radical (unpaired) electrons.